The summed E-state index contributed by atoms with van der Waals surface area (Å²) in [6, 6.07) is 12.1. The first kappa shape index (κ1) is 28.1. The summed E-state index contributed by atoms with van der Waals surface area (Å²) < 4.78 is 42.5. The number of rotatable bonds is 8. The lowest BCUT2D eigenvalue weighted by Crippen LogP contribution is -2.49. The molecule has 1 amide bonds. The number of aliphatic hydroxyl groups is 1. The van der Waals surface area contributed by atoms with Crippen LogP contribution in [0.25, 0.3) is 5.82 Å². The van der Waals surface area contributed by atoms with E-state index in [0.29, 0.717) is 47.5 Å². The molecule has 214 valence electrons. The molecular formula is C28H29F3N8O2. The number of nitrogens with zero attached hydrogens (tertiary/aromatic N) is 5. The molecule has 4 N–H and O–H groups in total. The molecule has 5 rings (SSSR count). The fourth-order valence-electron chi connectivity index (χ4n) is 4.55. The smallest absolute Gasteiger partial charge is 0.390 e. The fraction of sp³-hybridized carbons (Fsp3) is 0.286. The maximum atomic E-state index is 13.6. The van der Waals surface area contributed by atoms with Crippen molar-refractivity contribution in [3.8, 4) is 5.82 Å². The van der Waals surface area contributed by atoms with Gasteiger partial charge in [0.05, 0.1) is 17.4 Å². The van der Waals surface area contributed by atoms with Crippen LogP contribution in [-0.4, -0.2) is 61.9 Å². The van der Waals surface area contributed by atoms with Crippen LogP contribution >= 0.6 is 0 Å². The summed E-state index contributed by atoms with van der Waals surface area (Å²) in [5.41, 5.74) is 2.00. The van der Waals surface area contributed by atoms with Crippen molar-refractivity contribution in [1.29, 1.82) is 0 Å². The van der Waals surface area contributed by atoms with E-state index in [2.05, 4.69) is 31.0 Å². The van der Waals surface area contributed by atoms with Gasteiger partial charge in [-0.3, -0.25) is 9.69 Å². The first-order valence-electron chi connectivity index (χ1n) is 12.9. The number of hydrogen-bond donors (Lipinski definition) is 4. The highest BCUT2D eigenvalue weighted by atomic mass is 19.4. The van der Waals surface area contributed by atoms with Crippen LogP contribution in [0.2, 0.25) is 0 Å². The van der Waals surface area contributed by atoms with Gasteiger partial charge in [-0.25, -0.2) is 9.97 Å². The Morgan fingerprint density at radius 3 is 2.56 bits per heavy atom. The molecule has 0 saturated carbocycles. The van der Waals surface area contributed by atoms with Crippen LogP contribution in [0, 0.1) is 13.8 Å². The second-order valence-corrected chi connectivity index (χ2v) is 9.97. The van der Waals surface area contributed by atoms with Gasteiger partial charge in [-0.15, -0.1) is 0 Å². The number of nitrogens with one attached hydrogen (secondary N) is 3. The van der Waals surface area contributed by atoms with E-state index in [1.807, 2.05) is 24.8 Å². The standard InChI is InChI=1S/C28H29F3N8O2/c1-16-4-5-21(10-23(16)36-26-6-17(2)37-39(26)25-11-24(32-3)33-15-34-25)35-27(41)19-7-18(12-38-13-22(40)14-38)8-20(9-19)28(29,30)31/h4-11,15,22,36,40H,12-14H2,1-3H3,(H,35,41)(H,32,33,34). The van der Waals surface area contributed by atoms with E-state index in [1.165, 1.54) is 12.4 Å². The molecule has 1 aliphatic heterocycles. The molecule has 4 aromatic rings. The van der Waals surface area contributed by atoms with Crippen LogP contribution < -0.4 is 16.0 Å². The molecule has 1 fully saturated rings. The summed E-state index contributed by atoms with van der Waals surface area (Å²) in [5.74, 6) is 1.11. The number of carbonyl (C=O) groups is 1. The van der Waals surface area contributed by atoms with Gasteiger partial charge >= 0.3 is 6.18 Å². The predicted octanol–water partition coefficient (Wildman–Crippen LogP) is 4.51. The van der Waals surface area contributed by atoms with Gasteiger partial charge in [0.2, 0.25) is 0 Å². The van der Waals surface area contributed by atoms with Crippen LogP contribution in [-0.2, 0) is 12.7 Å². The number of aromatic nitrogens is 4. The summed E-state index contributed by atoms with van der Waals surface area (Å²) in [6.07, 6.45) is -3.67. The van der Waals surface area contributed by atoms with Crippen LogP contribution in [0.4, 0.5) is 36.2 Å². The van der Waals surface area contributed by atoms with Crippen molar-refractivity contribution >= 4 is 28.9 Å². The normalized spacial score (nSPS) is 14.0. The molecule has 1 aliphatic rings. The quantitative estimate of drug-likeness (QED) is 0.246. The summed E-state index contributed by atoms with van der Waals surface area (Å²) in [6.45, 7) is 4.69. The maximum absolute atomic E-state index is 13.6. The topological polar surface area (TPSA) is 120 Å². The number of likely N-dealkylation sites (tertiary alicyclic amines) is 1. The van der Waals surface area contributed by atoms with Crippen molar-refractivity contribution in [3.05, 3.63) is 82.8 Å². The highest BCUT2D eigenvalue weighted by molar-refractivity contribution is 6.04. The number of anilines is 4. The maximum Gasteiger partial charge on any atom is 0.416 e. The van der Waals surface area contributed by atoms with Crippen molar-refractivity contribution in [2.75, 3.05) is 36.1 Å². The largest absolute Gasteiger partial charge is 0.416 e. The predicted molar refractivity (Wildman–Crippen MR) is 149 cm³/mol. The number of aliphatic hydroxyl groups excluding tert-OH is 1. The van der Waals surface area contributed by atoms with Gasteiger partial charge in [-0.1, -0.05) is 6.07 Å². The number of amides is 1. The Balaban J connectivity index is 1.39. The number of carbonyl (C=O) groups excluding carboxylic acids is 1. The minimum Gasteiger partial charge on any atom is -0.390 e. The Morgan fingerprint density at radius 1 is 1.07 bits per heavy atom. The number of aryl methyl sites for hydroxylation is 2. The van der Waals surface area contributed by atoms with Gasteiger partial charge in [-0.05, 0) is 55.3 Å². The minimum atomic E-state index is -4.61. The zero-order valence-electron chi connectivity index (χ0n) is 22.6. The van der Waals surface area contributed by atoms with E-state index in [9.17, 15) is 23.1 Å². The van der Waals surface area contributed by atoms with Crippen LogP contribution in [0.15, 0.2) is 54.9 Å². The monoisotopic (exact) mass is 566 g/mol. The molecule has 1 saturated heterocycles. The molecule has 0 atom stereocenters. The molecule has 2 aromatic heterocycles. The van der Waals surface area contributed by atoms with E-state index < -0.39 is 23.8 Å². The van der Waals surface area contributed by atoms with Gasteiger partial charge in [0.1, 0.15) is 18.0 Å². The zero-order chi connectivity index (χ0) is 29.3. The van der Waals surface area contributed by atoms with E-state index in [1.54, 1.807) is 36.0 Å². The molecule has 0 bridgehead atoms. The molecule has 41 heavy (non-hydrogen) atoms. The van der Waals surface area contributed by atoms with Crippen molar-refractivity contribution in [2.24, 2.45) is 0 Å². The van der Waals surface area contributed by atoms with Crippen molar-refractivity contribution in [3.63, 3.8) is 0 Å². The summed E-state index contributed by atoms with van der Waals surface area (Å²) in [4.78, 5) is 23.4. The van der Waals surface area contributed by atoms with Crippen LogP contribution in [0.3, 0.4) is 0 Å². The lowest BCUT2D eigenvalue weighted by Gasteiger charge is -2.36. The Morgan fingerprint density at radius 2 is 1.85 bits per heavy atom. The van der Waals surface area contributed by atoms with Gasteiger partial charge in [0, 0.05) is 55.8 Å². The third-order valence-electron chi connectivity index (χ3n) is 6.64. The highest BCUT2D eigenvalue weighted by Crippen LogP contribution is 2.32. The molecule has 13 heteroatoms. The SMILES string of the molecule is CNc1cc(-n2nc(C)cc2Nc2cc(NC(=O)c3cc(CN4CC(O)C4)cc(C(F)(F)F)c3)ccc2C)ncn1. The fourth-order valence-corrected chi connectivity index (χ4v) is 4.55. The molecule has 0 radical (unpaired) electrons. The minimum absolute atomic E-state index is 0.108. The Bertz CT molecular complexity index is 1580. The lowest BCUT2D eigenvalue weighted by molar-refractivity contribution is -0.137. The summed E-state index contributed by atoms with van der Waals surface area (Å²) in [5, 5.41) is 23.0. The second kappa shape index (κ2) is 11.2. The third kappa shape index (κ3) is 6.47. The first-order valence-corrected chi connectivity index (χ1v) is 12.9. The van der Waals surface area contributed by atoms with E-state index in [-0.39, 0.29) is 12.1 Å². The molecule has 10 nitrogen and oxygen atoms in total. The average molecular weight is 567 g/mol. The van der Waals surface area contributed by atoms with Gasteiger partial charge in [0.15, 0.2) is 5.82 Å². The molecule has 0 aliphatic carbocycles. The number of β-amino-alcohol motifs (C(OH)–C–C–N with tert-alkyl or cyclic N) is 1. The van der Waals surface area contributed by atoms with Gasteiger partial charge in [-0.2, -0.15) is 23.0 Å². The molecule has 2 aromatic carbocycles. The van der Waals surface area contributed by atoms with E-state index in [4.69, 9.17) is 0 Å². The molecule has 0 unspecified atom stereocenters. The highest BCUT2D eigenvalue weighted by Gasteiger charge is 2.32. The van der Waals surface area contributed by atoms with E-state index in [0.717, 1.165) is 23.4 Å². The zero-order valence-corrected chi connectivity index (χ0v) is 22.6. The molecule has 0 spiro atoms. The van der Waals surface area contributed by atoms with Gasteiger partial charge in [0.25, 0.3) is 5.91 Å². The van der Waals surface area contributed by atoms with Crippen molar-refractivity contribution in [2.45, 2.75) is 32.7 Å². The van der Waals surface area contributed by atoms with E-state index >= 15 is 0 Å². The number of alkyl halides is 3. The first-order chi connectivity index (χ1) is 19.5. The van der Waals surface area contributed by atoms with Crippen LogP contribution in [0.5, 0.6) is 0 Å². The Kier molecular flexibility index (Phi) is 7.65. The molecule has 3 heterocycles. The van der Waals surface area contributed by atoms with Gasteiger partial charge < -0.3 is 21.1 Å². The third-order valence-corrected chi connectivity index (χ3v) is 6.64. The summed E-state index contributed by atoms with van der Waals surface area (Å²) in [7, 11) is 1.75. The number of halogens is 3. The Hall–Kier alpha value is -4.49. The Labute approximate surface area is 234 Å². The van der Waals surface area contributed by atoms with Crippen molar-refractivity contribution in [1.82, 2.24) is 24.6 Å². The molecular weight excluding hydrogens is 537 g/mol. The summed E-state index contributed by atoms with van der Waals surface area (Å²) >= 11 is 0. The number of benzene rings is 2. The lowest BCUT2D eigenvalue weighted by atomic mass is 10.0. The average Bonchev–Trinajstić information content (AvgIpc) is 3.28. The number of hydrogen-bond acceptors (Lipinski definition) is 8. The van der Waals surface area contributed by atoms with Crippen LogP contribution in [0.1, 0.15) is 32.7 Å². The van der Waals surface area contributed by atoms with Crippen molar-refractivity contribution < 1.29 is 23.1 Å². The second-order valence-electron chi connectivity index (χ2n) is 9.97.